The maximum Gasteiger partial charge on any atom is 0.416 e. The van der Waals surface area contributed by atoms with Crippen LogP contribution in [0, 0.1) is 11.8 Å². The number of halogens is 4. The largest absolute Gasteiger partial charge is 0.416 e. The van der Waals surface area contributed by atoms with Gasteiger partial charge in [-0.3, -0.25) is 0 Å². The maximum absolute atomic E-state index is 12.7. The van der Waals surface area contributed by atoms with E-state index in [1.54, 1.807) is 0 Å². The summed E-state index contributed by atoms with van der Waals surface area (Å²) in [5.74, 6) is 1.42. The number of nitrogens with one attached hydrogen (secondary N) is 1. The van der Waals surface area contributed by atoms with Crippen LogP contribution in [0.1, 0.15) is 38.7 Å². The topological polar surface area (TPSA) is 24.9 Å². The van der Waals surface area contributed by atoms with E-state index in [4.69, 9.17) is 11.6 Å². The van der Waals surface area contributed by atoms with Crippen molar-refractivity contribution in [2.24, 2.45) is 11.8 Å². The number of pyridine rings is 1. The quantitative estimate of drug-likeness (QED) is 0.779. The summed E-state index contributed by atoms with van der Waals surface area (Å²) in [7, 11) is 0. The highest BCUT2D eigenvalue weighted by atomic mass is 35.5. The zero-order valence-electron chi connectivity index (χ0n) is 11.5. The van der Waals surface area contributed by atoms with Crippen molar-refractivity contribution in [1.82, 2.24) is 4.98 Å². The third-order valence-electron chi connectivity index (χ3n) is 4.07. The molecule has 2 rings (SSSR count). The first-order chi connectivity index (χ1) is 9.25. The van der Waals surface area contributed by atoms with Gasteiger partial charge in [-0.1, -0.05) is 25.4 Å². The van der Waals surface area contributed by atoms with Gasteiger partial charge in [-0.2, -0.15) is 13.2 Å². The van der Waals surface area contributed by atoms with Crippen molar-refractivity contribution in [2.45, 2.75) is 45.3 Å². The van der Waals surface area contributed by atoms with Crippen molar-refractivity contribution < 1.29 is 13.2 Å². The van der Waals surface area contributed by atoms with Crippen molar-refractivity contribution in [1.29, 1.82) is 0 Å². The molecule has 1 aromatic rings. The zero-order chi connectivity index (χ0) is 14.9. The molecule has 0 radical (unpaired) electrons. The molecule has 6 heteroatoms. The molecular formula is C14H18ClF3N2. The molecule has 1 aliphatic carbocycles. The predicted molar refractivity (Wildman–Crippen MR) is 73.8 cm³/mol. The molecule has 0 saturated heterocycles. The monoisotopic (exact) mass is 306 g/mol. The smallest absolute Gasteiger partial charge is 0.367 e. The van der Waals surface area contributed by atoms with Crippen LogP contribution >= 0.6 is 11.6 Å². The van der Waals surface area contributed by atoms with E-state index in [1.165, 1.54) is 0 Å². The van der Waals surface area contributed by atoms with Crippen LogP contribution in [-0.4, -0.2) is 11.0 Å². The number of hydrogen-bond acceptors (Lipinski definition) is 2. The standard InChI is InChI=1S/C14H18ClF3N2/c1-8-3-4-11(5-9(8)2)19-13-7-10(14(16,17)18)6-12(15)20-13/h6-9,11H,3-5H2,1-2H3,(H,19,20). The van der Waals surface area contributed by atoms with Gasteiger partial charge in [-0.05, 0) is 43.2 Å². The number of alkyl halides is 3. The Morgan fingerprint density at radius 2 is 1.90 bits per heavy atom. The van der Waals surface area contributed by atoms with Gasteiger partial charge >= 0.3 is 6.18 Å². The van der Waals surface area contributed by atoms with Gasteiger partial charge < -0.3 is 5.32 Å². The first-order valence-corrected chi connectivity index (χ1v) is 7.15. The lowest BCUT2D eigenvalue weighted by atomic mass is 9.79. The average Bonchev–Trinajstić information content (AvgIpc) is 2.32. The molecule has 1 N–H and O–H groups in total. The van der Waals surface area contributed by atoms with Crippen LogP contribution in [0.3, 0.4) is 0 Å². The van der Waals surface area contributed by atoms with E-state index in [2.05, 4.69) is 24.1 Å². The van der Waals surface area contributed by atoms with Crippen LogP contribution in [0.15, 0.2) is 12.1 Å². The van der Waals surface area contributed by atoms with E-state index in [0.717, 1.165) is 31.4 Å². The molecule has 0 amide bonds. The summed E-state index contributed by atoms with van der Waals surface area (Å²) in [5.41, 5.74) is -0.766. The number of nitrogens with zero attached hydrogens (tertiary/aromatic N) is 1. The average molecular weight is 307 g/mol. The molecule has 3 unspecified atom stereocenters. The summed E-state index contributed by atoms with van der Waals surface area (Å²) in [6, 6.07) is 2.03. The van der Waals surface area contributed by atoms with E-state index >= 15 is 0 Å². The van der Waals surface area contributed by atoms with Crippen molar-refractivity contribution in [3.05, 3.63) is 22.8 Å². The Morgan fingerprint density at radius 3 is 2.50 bits per heavy atom. The minimum Gasteiger partial charge on any atom is -0.367 e. The second-order valence-electron chi connectivity index (χ2n) is 5.67. The lowest BCUT2D eigenvalue weighted by Crippen LogP contribution is -2.30. The van der Waals surface area contributed by atoms with E-state index in [1.807, 2.05) is 0 Å². The molecule has 1 aliphatic rings. The summed E-state index contributed by atoms with van der Waals surface area (Å²) in [4.78, 5) is 3.94. The molecule has 0 spiro atoms. The first-order valence-electron chi connectivity index (χ1n) is 6.77. The third-order valence-corrected chi connectivity index (χ3v) is 4.27. The molecular weight excluding hydrogens is 289 g/mol. The van der Waals surface area contributed by atoms with Crippen molar-refractivity contribution in [3.8, 4) is 0 Å². The number of rotatable bonds is 2. The van der Waals surface area contributed by atoms with Gasteiger partial charge in [0.2, 0.25) is 0 Å². The summed E-state index contributed by atoms with van der Waals surface area (Å²) < 4.78 is 38.2. The summed E-state index contributed by atoms with van der Waals surface area (Å²) in [5, 5.41) is 2.95. The highest BCUT2D eigenvalue weighted by Crippen LogP contribution is 2.34. The van der Waals surface area contributed by atoms with Crippen LogP contribution in [0.4, 0.5) is 19.0 Å². The van der Waals surface area contributed by atoms with Crippen LogP contribution in [-0.2, 0) is 6.18 Å². The van der Waals surface area contributed by atoms with Crippen molar-refractivity contribution in [2.75, 3.05) is 5.32 Å². The normalized spacial score (nSPS) is 27.4. The molecule has 1 aromatic heterocycles. The Labute approximate surface area is 121 Å². The van der Waals surface area contributed by atoms with Gasteiger partial charge in [-0.25, -0.2) is 4.98 Å². The van der Waals surface area contributed by atoms with Gasteiger partial charge in [0.15, 0.2) is 0 Å². The lowest BCUT2D eigenvalue weighted by molar-refractivity contribution is -0.137. The Balaban J connectivity index is 2.12. The SMILES string of the molecule is CC1CCC(Nc2cc(C(F)(F)F)cc(Cl)n2)CC1C. The van der Waals surface area contributed by atoms with Gasteiger partial charge in [-0.15, -0.1) is 0 Å². The minimum absolute atomic E-state index is 0.139. The molecule has 0 aromatic carbocycles. The van der Waals surface area contributed by atoms with Crippen LogP contribution in [0.5, 0.6) is 0 Å². The van der Waals surface area contributed by atoms with Crippen LogP contribution in [0.25, 0.3) is 0 Å². The summed E-state index contributed by atoms with van der Waals surface area (Å²) in [6.45, 7) is 4.38. The molecule has 1 saturated carbocycles. The fraction of sp³-hybridized carbons (Fsp3) is 0.643. The van der Waals surface area contributed by atoms with Gasteiger partial charge in [0, 0.05) is 6.04 Å². The lowest BCUT2D eigenvalue weighted by Gasteiger charge is -2.32. The van der Waals surface area contributed by atoms with E-state index in [0.29, 0.717) is 11.8 Å². The molecule has 0 bridgehead atoms. The predicted octanol–water partition coefficient (Wildman–Crippen LogP) is 4.99. The molecule has 112 valence electrons. The van der Waals surface area contributed by atoms with Crippen LogP contribution < -0.4 is 5.32 Å². The second-order valence-corrected chi connectivity index (χ2v) is 6.06. The summed E-state index contributed by atoms with van der Waals surface area (Å²) in [6.07, 6.45) is -1.44. The van der Waals surface area contributed by atoms with Gasteiger partial charge in [0.1, 0.15) is 11.0 Å². The van der Waals surface area contributed by atoms with Crippen molar-refractivity contribution >= 4 is 17.4 Å². The highest BCUT2D eigenvalue weighted by molar-refractivity contribution is 6.29. The molecule has 3 atom stereocenters. The molecule has 0 aliphatic heterocycles. The van der Waals surface area contributed by atoms with E-state index in [-0.39, 0.29) is 17.0 Å². The van der Waals surface area contributed by atoms with Crippen molar-refractivity contribution in [3.63, 3.8) is 0 Å². The Hall–Kier alpha value is -0.970. The zero-order valence-corrected chi connectivity index (χ0v) is 12.2. The number of hydrogen-bond donors (Lipinski definition) is 1. The Morgan fingerprint density at radius 1 is 1.20 bits per heavy atom. The number of aromatic nitrogens is 1. The molecule has 1 fully saturated rings. The molecule has 20 heavy (non-hydrogen) atoms. The molecule has 1 heterocycles. The number of anilines is 1. The fourth-order valence-corrected chi connectivity index (χ4v) is 2.83. The van der Waals surface area contributed by atoms with E-state index < -0.39 is 11.7 Å². The Bertz CT molecular complexity index is 476. The summed E-state index contributed by atoms with van der Waals surface area (Å²) >= 11 is 5.67. The van der Waals surface area contributed by atoms with Gasteiger partial charge in [0.25, 0.3) is 0 Å². The van der Waals surface area contributed by atoms with Gasteiger partial charge in [0.05, 0.1) is 5.56 Å². The minimum atomic E-state index is -4.41. The van der Waals surface area contributed by atoms with Crippen LogP contribution in [0.2, 0.25) is 5.15 Å². The Kier molecular flexibility index (Phi) is 4.47. The maximum atomic E-state index is 12.7. The second kappa shape index (κ2) is 5.80. The third kappa shape index (κ3) is 3.78. The highest BCUT2D eigenvalue weighted by Gasteiger charge is 2.32. The first kappa shape index (κ1) is 15.4. The van der Waals surface area contributed by atoms with E-state index in [9.17, 15) is 13.2 Å². The fourth-order valence-electron chi connectivity index (χ4n) is 2.62. The molecule has 2 nitrogen and oxygen atoms in total.